The Morgan fingerprint density at radius 2 is 1.00 bits per heavy atom. The number of amides is 2. The van der Waals surface area contributed by atoms with E-state index >= 15 is 0 Å². The van der Waals surface area contributed by atoms with E-state index in [4.69, 9.17) is 0 Å². The van der Waals surface area contributed by atoms with Crippen LogP contribution >= 0.6 is 0 Å². The summed E-state index contributed by atoms with van der Waals surface area (Å²) >= 11 is 0. The van der Waals surface area contributed by atoms with Gasteiger partial charge in [-0.3, -0.25) is 14.4 Å². The van der Waals surface area contributed by atoms with E-state index in [2.05, 4.69) is 16.0 Å². The van der Waals surface area contributed by atoms with Crippen molar-refractivity contribution in [2.45, 2.75) is 6.92 Å². The lowest BCUT2D eigenvalue weighted by Gasteiger charge is -2.09. The molecule has 0 aliphatic rings. The second kappa shape index (κ2) is 8.64. The fourth-order valence-electron chi connectivity index (χ4n) is 2.49. The average molecular weight is 373 g/mol. The standard InChI is InChI=1S/C22H19N3O3/c1-15(26)16-7-9-19(10-8-16)24-21(27)22(28)25-20-13-11-18(12-14-20)23-17-5-3-2-4-6-17/h2-14,23H,1H3,(H,24,27)(H,25,28). The lowest BCUT2D eigenvalue weighted by atomic mass is 10.1. The molecule has 0 radical (unpaired) electrons. The summed E-state index contributed by atoms with van der Waals surface area (Å²) in [4.78, 5) is 35.4. The maximum absolute atomic E-state index is 12.1. The Labute approximate surface area is 162 Å². The van der Waals surface area contributed by atoms with Gasteiger partial charge in [-0.15, -0.1) is 0 Å². The van der Waals surface area contributed by atoms with Crippen molar-refractivity contribution < 1.29 is 14.4 Å². The van der Waals surface area contributed by atoms with Gasteiger partial charge in [0.05, 0.1) is 0 Å². The zero-order valence-electron chi connectivity index (χ0n) is 15.2. The highest BCUT2D eigenvalue weighted by Crippen LogP contribution is 2.18. The molecular formula is C22H19N3O3. The molecule has 0 bridgehead atoms. The molecule has 2 amide bonds. The van der Waals surface area contributed by atoms with Gasteiger partial charge < -0.3 is 16.0 Å². The number of carbonyl (C=O) groups is 3. The van der Waals surface area contributed by atoms with Gasteiger partial charge in [-0.2, -0.15) is 0 Å². The van der Waals surface area contributed by atoms with Crippen LogP contribution in [-0.2, 0) is 9.59 Å². The van der Waals surface area contributed by atoms with Crippen LogP contribution in [0.15, 0.2) is 78.9 Å². The molecule has 0 atom stereocenters. The van der Waals surface area contributed by atoms with Crippen LogP contribution in [0.3, 0.4) is 0 Å². The first-order valence-electron chi connectivity index (χ1n) is 8.67. The molecule has 0 aliphatic carbocycles. The first kappa shape index (κ1) is 18.8. The Morgan fingerprint density at radius 3 is 1.50 bits per heavy atom. The van der Waals surface area contributed by atoms with Crippen LogP contribution < -0.4 is 16.0 Å². The summed E-state index contributed by atoms with van der Waals surface area (Å²) in [6.07, 6.45) is 0. The molecule has 6 heteroatoms. The Balaban J connectivity index is 1.56. The third kappa shape index (κ3) is 5.04. The Kier molecular flexibility index (Phi) is 5.81. The number of hydrogen-bond donors (Lipinski definition) is 3. The van der Waals surface area contributed by atoms with Gasteiger partial charge >= 0.3 is 11.8 Å². The highest BCUT2D eigenvalue weighted by atomic mass is 16.2. The largest absolute Gasteiger partial charge is 0.356 e. The number of benzene rings is 3. The molecule has 0 fully saturated rings. The lowest BCUT2D eigenvalue weighted by Crippen LogP contribution is -2.29. The number of Topliss-reactive ketones (excluding diaryl/α,β-unsaturated/α-hetero) is 1. The molecule has 0 spiro atoms. The van der Waals surface area contributed by atoms with Gasteiger partial charge in [0, 0.05) is 28.3 Å². The summed E-state index contributed by atoms with van der Waals surface area (Å²) in [5, 5.41) is 8.28. The molecule has 0 aliphatic heterocycles. The fraction of sp³-hybridized carbons (Fsp3) is 0.0455. The summed E-state index contributed by atoms with van der Waals surface area (Å²) in [6.45, 7) is 1.46. The van der Waals surface area contributed by atoms with Crippen molar-refractivity contribution in [2.24, 2.45) is 0 Å². The van der Waals surface area contributed by atoms with E-state index < -0.39 is 11.8 Å². The Morgan fingerprint density at radius 1 is 0.571 bits per heavy atom. The summed E-state index contributed by atoms with van der Waals surface area (Å²) < 4.78 is 0. The van der Waals surface area contributed by atoms with E-state index in [0.717, 1.165) is 11.4 Å². The SMILES string of the molecule is CC(=O)c1ccc(NC(=O)C(=O)Nc2ccc(Nc3ccccc3)cc2)cc1. The normalized spacial score (nSPS) is 10.0. The third-order valence-electron chi connectivity index (χ3n) is 3.96. The van der Waals surface area contributed by atoms with Crippen molar-refractivity contribution >= 4 is 40.3 Å². The molecule has 0 saturated carbocycles. The fourth-order valence-corrected chi connectivity index (χ4v) is 2.49. The van der Waals surface area contributed by atoms with Crippen LogP contribution in [0.25, 0.3) is 0 Å². The molecule has 0 unspecified atom stereocenters. The quantitative estimate of drug-likeness (QED) is 0.462. The number of hydrogen-bond acceptors (Lipinski definition) is 4. The van der Waals surface area contributed by atoms with Gasteiger partial charge in [0.1, 0.15) is 0 Å². The minimum absolute atomic E-state index is 0.0687. The highest BCUT2D eigenvalue weighted by Gasteiger charge is 2.14. The van der Waals surface area contributed by atoms with Gasteiger partial charge in [-0.1, -0.05) is 18.2 Å². The van der Waals surface area contributed by atoms with Gasteiger partial charge in [0.2, 0.25) is 0 Å². The monoisotopic (exact) mass is 373 g/mol. The Bertz CT molecular complexity index is 982. The molecule has 28 heavy (non-hydrogen) atoms. The molecule has 3 aromatic rings. The first-order valence-corrected chi connectivity index (χ1v) is 8.67. The summed E-state index contributed by atoms with van der Waals surface area (Å²) in [5.41, 5.74) is 3.29. The minimum Gasteiger partial charge on any atom is -0.356 e. The Hall–Kier alpha value is -3.93. The molecule has 0 aromatic heterocycles. The molecular weight excluding hydrogens is 354 g/mol. The van der Waals surface area contributed by atoms with Gasteiger partial charge in [-0.25, -0.2) is 0 Å². The smallest absolute Gasteiger partial charge is 0.314 e. The average Bonchev–Trinajstić information content (AvgIpc) is 2.70. The zero-order valence-corrected chi connectivity index (χ0v) is 15.2. The van der Waals surface area contributed by atoms with E-state index in [9.17, 15) is 14.4 Å². The van der Waals surface area contributed by atoms with Crippen molar-refractivity contribution in [2.75, 3.05) is 16.0 Å². The van der Waals surface area contributed by atoms with Gasteiger partial charge in [0.25, 0.3) is 0 Å². The first-order chi connectivity index (χ1) is 13.5. The van der Waals surface area contributed by atoms with Crippen LogP contribution in [0, 0.1) is 0 Å². The summed E-state index contributed by atoms with van der Waals surface area (Å²) in [5.74, 6) is -1.64. The zero-order chi connectivity index (χ0) is 19.9. The van der Waals surface area contributed by atoms with Crippen molar-refractivity contribution in [1.82, 2.24) is 0 Å². The van der Waals surface area contributed by atoms with E-state index in [-0.39, 0.29) is 5.78 Å². The van der Waals surface area contributed by atoms with Crippen molar-refractivity contribution in [3.8, 4) is 0 Å². The predicted molar refractivity (Wildman–Crippen MR) is 110 cm³/mol. The molecule has 0 heterocycles. The van der Waals surface area contributed by atoms with Crippen LogP contribution in [0.4, 0.5) is 22.7 Å². The maximum Gasteiger partial charge on any atom is 0.314 e. The van der Waals surface area contributed by atoms with Gasteiger partial charge in [-0.05, 0) is 67.6 Å². The van der Waals surface area contributed by atoms with Crippen molar-refractivity contribution in [1.29, 1.82) is 0 Å². The van der Waals surface area contributed by atoms with Crippen LogP contribution in [0.2, 0.25) is 0 Å². The molecule has 0 saturated heterocycles. The van der Waals surface area contributed by atoms with Crippen LogP contribution in [0.5, 0.6) is 0 Å². The predicted octanol–water partition coefficient (Wildman–Crippen LogP) is 4.21. The number of nitrogens with one attached hydrogen (secondary N) is 3. The van der Waals surface area contributed by atoms with Crippen molar-refractivity contribution in [3.05, 3.63) is 84.4 Å². The summed E-state index contributed by atoms with van der Waals surface area (Å²) in [7, 11) is 0. The number of ketones is 1. The maximum atomic E-state index is 12.1. The number of rotatable bonds is 5. The molecule has 3 N–H and O–H groups in total. The second-order valence-corrected chi connectivity index (χ2v) is 6.11. The topological polar surface area (TPSA) is 87.3 Å². The lowest BCUT2D eigenvalue weighted by molar-refractivity contribution is -0.132. The minimum atomic E-state index is -0.790. The van der Waals surface area contributed by atoms with Gasteiger partial charge in [0.15, 0.2) is 5.78 Å². The number of anilines is 4. The van der Waals surface area contributed by atoms with Crippen LogP contribution in [-0.4, -0.2) is 17.6 Å². The highest BCUT2D eigenvalue weighted by molar-refractivity contribution is 6.43. The number of carbonyl (C=O) groups excluding carboxylic acids is 3. The molecule has 140 valence electrons. The second-order valence-electron chi connectivity index (χ2n) is 6.11. The van der Waals surface area contributed by atoms with E-state index in [1.165, 1.54) is 6.92 Å². The summed E-state index contributed by atoms with van der Waals surface area (Å²) in [6, 6.07) is 23.1. The van der Waals surface area contributed by atoms with E-state index in [0.29, 0.717) is 16.9 Å². The molecule has 6 nitrogen and oxygen atoms in total. The third-order valence-corrected chi connectivity index (χ3v) is 3.96. The van der Waals surface area contributed by atoms with Crippen LogP contribution in [0.1, 0.15) is 17.3 Å². The molecule has 3 aromatic carbocycles. The van der Waals surface area contributed by atoms with Crippen molar-refractivity contribution in [3.63, 3.8) is 0 Å². The van der Waals surface area contributed by atoms with E-state index in [1.54, 1.807) is 48.5 Å². The van der Waals surface area contributed by atoms with E-state index in [1.807, 2.05) is 30.3 Å². The number of para-hydroxylation sites is 1. The molecule has 3 rings (SSSR count).